The van der Waals surface area contributed by atoms with Gasteiger partial charge in [0.1, 0.15) is 0 Å². The maximum atomic E-state index is 11.6. The standard InChI is InChI=1S/C13H19N3OS/c17-12(10-16-13-15-8-9-18-13)14-7-6-11-4-2-1-3-5-11/h4,8-9H,1-3,5-7,10H2,(H,14,17)(H,15,16). The van der Waals surface area contributed by atoms with E-state index in [4.69, 9.17) is 0 Å². The Kier molecular flexibility index (Phi) is 5.20. The zero-order chi connectivity index (χ0) is 12.6. The normalized spacial score (nSPS) is 15.0. The highest BCUT2D eigenvalue weighted by atomic mass is 32.1. The minimum absolute atomic E-state index is 0.0293. The summed E-state index contributed by atoms with van der Waals surface area (Å²) in [6.45, 7) is 1.04. The van der Waals surface area contributed by atoms with E-state index in [0.717, 1.165) is 18.1 Å². The third kappa shape index (κ3) is 4.49. The van der Waals surface area contributed by atoms with E-state index in [1.807, 2.05) is 5.38 Å². The number of thiazole rings is 1. The Hall–Kier alpha value is -1.36. The van der Waals surface area contributed by atoms with Crippen molar-refractivity contribution in [3.05, 3.63) is 23.2 Å². The van der Waals surface area contributed by atoms with Gasteiger partial charge in [0.15, 0.2) is 5.13 Å². The van der Waals surface area contributed by atoms with Gasteiger partial charge in [-0.05, 0) is 32.1 Å². The Morgan fingerprint density at radius 1 is 1.44 bits per heavy atom. The van der Waals surface area contributed by atoms with Gasteiger partial charge in [-0.2, -0.15) is 0 Å². The van der Waals surface area contributed by atoms with Crippen molar-refractivity contribution in [1.82, 2.24) is 10.3 Å². The van der Waals surface area contributed by atoms with Crippen LogP contribution in [0.25, 0.3) is 0 Å². The van der Waals surface area contributed by atoms with E-state index in [2.05, 4.69) is 21.7 Å². The van der Waals surface area contributed by atoms with Crippen LogP contribution in [0.15, 0.2) is 23.2 Å². The van der Waals surface area contributed by atoms with Crippen molar-refractivity contribution in [1.29, 1.82) is 0 Å². The Bertz CT molecular complexity index is 400. The summed E-state index contributed by atoms with van der Waals surface area (Å²) < 4.78 is 0. The zero-order valence-electron chi connectivity index (χ0n) is 10.4. The average molecular weight is 265 g/mol. The van der Waals surface area contributed by atoms with Gasteiger partial charge in [-0.25, -0.2) is 4.98 Å². The van der Waals surface area contributed by atoms with E-state index in [9.17, 15) is 4.79 Å². The summed E-state index contributed by atoms with van der Waals surface area (Å²) >= 11 is 1.50. The molecule has 4 nitrogen and oxygen atoms in total. The van der Waals surface area contributed by atoms with Gasteiger partial charge in [-0.15, -0.1) is 11.3 Å². The average Bonchev–Trinajstić information content (AvgIpc) is 2.91. The lowest BCUT2D eigenvalue weighted by atomic mass is 9.97. The predicted octanol–water partition coefficient (Wildman–Crippen LogP) is 2.56. The molecule has 18 heavy (non-hydrogen) atoms. The third-order valence-corrected chi connectivity index (χ3v) is 3.72. The zero-order valence-corrected chi connectivity index (χ0v) is 11.3. The molecule has 0 unspecified atom stereocenters. The van der Waals surface area contributed by atoms with Crippen LogP contribution in [0.4, 0.5) is 5.13 Å². The number of amides is 1. The molecule has 1 aliphatic rings. The second-order valence-electron chi connectivity index (χ2n) is 4.40. The molecule has 1 aromatic heterocycles. The lowest BCUT2D eigenvalue weighted by Gasteiger charge is -2.13. The number of aromatic nitrogens is 1. The quantitative estimate of drug-likeness (QED) is 0.777. The highest BCUT2D eigenvalue weighted by Crippen LogP contribution is 2.19. The van der Waals surface area contributed by atoms with Crippen molar-refractivity contribution in [3.63, 3.8) is 0 Å². The molecule has 1 aromatic rings. The van der Waals surface area contributed by atoms with E-state index >= 15 is 0 Å². The van der Waals surface area contributed by atoms with Gasteiger partial charge in [0.25, 0.3) is 0 Å². The van der Waals surface area contributed by atoms with Crippen molar-refractivity contribution in [2.45, 2.75) is 32.1 Å². The molecule has 0 aliphatic heterocycles. The van der Waals surface area contributed by atoms with E-state index in [1.54, 1.807) is 6.20 Å². The number of rotatable bonds is 6. The number of carbonyl (C=O) groups is 1. The van der Waals surface area contributed by atoms with Crippen LogP contribution in [0.1, 0.15) is 32.1 Å². The molecule has 0 aromatic carbocycles. The fourth-order valence-corrected chi connectivity index (χ4v) is 2.55. The molecule has 5 heteroatoms. The fourth-order valence-electron chi connectivity index (χ4n) is 2.02. The highest BCUT2D eigenvalue weighted by Gasteiger charge is 2.05. The molecule has 0 spiro atoms. The van der Waals surface area contributed by atoms with Crippen LogP contribution >= 0.6 is 11.3 Å². The van der Waals surface area contributed by atoms with Gasteiger partial charge in [-0.3, -0.25) is 4.79 Å². The molecule has 0 bridgehead atoms. The van der Waals surface area contributed by atoms with Gasteiger partial charge >= 0.3 is 0 Å². The minimum Gasteiger partial charge on any atom is -0.354 e. The first-order valence-corrected chi connectivity index (χ1v) is 7.30. The third-order valence-electron chi connectivity index (χ3n) is 2.99. The number of anilines is 1. The molecular formula is C13H19N3OS. The Morgan fingerprint density at radius 3 is 3.11 bits per heavy atom. The summed E-state index contributed by atoms with van der Waals surface area (Å²) in [6, 6.07) is 0. The topological polar surface area (TPSA) is 54.0 Å². The number of carbonyl (C=O) groups excluding carboxylic acids is 1. The summed E-state index contributed by atoms with van der Waals surface area (Å²) in [5.41, 5.74) is 1.49. The molecule has 0 saturated carbocycles. The van der Waals surface area contributed by atoms with Crippen LogP contribution in [-0.2, 0) is 4.79 Å². The summed E-state index contributed by atoms with van der Waals surface area (Å²) in [5.74, 6) is 0.0293. The molecule has 0 fully saturated rings. The van der Waals surface area contributed by atoms with Gasteiger partial charge < -0.3 is 10.6 Å². The van der Waals surface area contributed by atoms with Gasteiger partial charge in [-0.1, -0.05) is 11.6 Å². The van der Waals surface area contributed by atoms with E-state index in [-0.39, 0.29) is 5.91 Å². The van der Waals surface area contributed by atoms with Crippen LogP contribution in [-0.4, -0.2) is 24.0 Å². The van der Waals surface area contributed by atoms with Crippen LogP contribution in [0, 0.1) is 0 Å². The Labute approximate surface area is 112 Å². The number of allylic oxidation sites excluding steroid dienone is 1. The molecule has 0 saturated heterocycles. The molecule has 1 aliphatic carbocycles. The number of nitrogens with zero attached hydrogens (tertiary/aromatic N) is 1. The van der Waals surface area contributed by atoms with E-state index < -0.39 is 0 Å². The molecule has 2 N–H and O–H groups in total. The van der Waals surface area contributed by atoms with Gasteiger partial charge in [0.05, 0.1) is 6.54 Å². The molecule has 1 amide bonds. The fraction of sp³-hybridized carbons (Fsp3) is 0.538. The molecular weight excluding hydrogens is 246 g/mol. The molecule has 0 radical (unpaired) electrons. The lowest BCUT2D eigenvalue weighted by Crippen LogP contribution is -2.30. The molecule has 0 atom stereocenters. The van der Waals surface area contributed by atoms with Crippen molar-refractivity contribution in [2.75, 3.05) is 18.4 Å². The molecule has 98 valence electrons. The summed E-state index contributed by atoms with van der Waals surface area (Å²) in [6.07, 6.45) is 10.0. The molecule has 2 rings (SSSR count). The first-order valence-electron chi connectivity index (χ1n) is 6.42. The number of hydrogen-bond acceptors (Lipinski definition) is 4. The van der Waals surface area contributed by atoms with E-state index in [0.29, 0.717) is 6.54 Å². The summed E-state index contributed by atoms with van der Waals surface area (Å²) in [5, 5.41) is 8.60. The van der Waals surface area contributed by atoms with E-state index in [1.165, 1.54) is 42.6 Å². The second kappa shape index (κ2) is 7.16. The Balaban J connectivity index is 1.58. The lowest BCUT2D eigenvalue weighted by molar-refractivity contribution is -0.119. The second-order valence-corrected chi connectivity index (χ2v) is 5.29. The van der Waals surface area contributed by atoms with Gasteiger partial charge in [0, 0.05) is 18.1 Å². The van der Waals surface area contributed by atoms with Crippen molar-refractivity contribution in [2.24, 2.45) is 0 Å². The monoisotopic (exact) mass is 265 g/mol. The maximum absolute atomic E-state index is 11.6. The van der Waals surface area contributed by atoms with Crippen molar-refractivity contribution in [3.8, 4) is 0 Å². The first-order chi connectivity index (χ1) is 8.84. The Morgan fingerprint density at radius 2 is 2.39 bits per heavy atom. The molecule has 1 heterocycles. The SMILES string of the molecule is O=C(CNc1nccs1)NCCC1=CCCCC1. The van der Waals surface area contributed by atoms with Gasteiger partial charge in [0.2, 0.25) is 5.91 Å². The number of nitrogens with one attached hydrogen (secondary N) is 2. The van der Waals surface area contributed by atoms with Crippen LogP contribution in [0.2, 0.25) is 0 Å². The van der Waals surface area contributed by atoms with Crippen molar-refractivity contribution >= 4 is 22.4 Å². The minimum atomic E-state index is 0.0293. The first kappa shape index (κ1) is 13.1. The number of hydrogen-bond donors (Lipinski definition) is 2. The smallest absolute Gasteiger partial charge is 0.239 e. The summed E-state index contributed by atoms with van der Waals surface area (Å²) in [4.78, 5) is 15.6. The van der Waals surface area contributed by atoms with Crippen LogP contribution in [0.5, 0.6) is 0 Å². The highest BCUT2D eigenvalue weighted by molar-refractivity contribution is 7.13. The van der Waals surface area contributed by atoms with Crippen LogP contribution in [0.3, 0.4) is 0 Å². The largest absolute Gasteiger partial charge is 0.354 e. The summed E-state index contributed by atoms with van der Waals surface area (Å²) in [7, 11) is 0. The predicted molar refractivity (Wildman–Crippen MR) is 74.8 cm³/mol. The van der Waals surface area contributed by atoms with Crippen molar-refractivity contribution < 1.29 is 4.79 Å². The maximum Gasteiger partial charge on any atom is 0.239 e. The van der Waals surface area contributed by atoms with Crippen LogP contribution < -0.4 is 10.6 Å².